The minimum Gasteiger partial charge on any atom is -0.310 e. The summed E-state index contributed by atoms with van der Waals surface area (Å²) in [6.45, 7) is 4.76. The zero-order valence-corrected chi connectivity index (χ0v) is 10.3. The smallest absolute Gasteiger partial charge is 0.151 e. The van der Waals surface area contributed by atoms with Gasteiger partial charge < -0.3 is 5.32 Å². The fourth-order valence-electron chi connectivity index (χ4n) is 1.57. The molecule has 0 bridgehead atoms. The monoisotopic (exact) mass is 251 g/mol. The van der Waals surface area contributed by atoms with Crippen LogP contribution in [0.5, 0.6) is 0 Å². The number of rotatable bonds is 4. The fraction of sp³-hybridized carbons (Fsp3) is 0.308. The highest BCUT2D eigenvalue weighted by Crippen LogP contribution is 2.14. The quantitative estimate of drug-likeness (QED) is 0.905. The summed E-state index contributed by atoms with van der Waals surface area (Å²) in [4.78, 5) is 0. The van der Waals surface area contributed by atoms with Crippen molar-refractivity contribution in [3.05, 3.63) is 47.8 Å². The molecular formula is C13H15F2N3. The first-order valence-electron chi connectivity index (χ1n) is 5.78. The number of hydrogen-bond acceptors (Lipinski definition) is 2. The Balaban J connectivity index is 2.18. The lowest BCUT2D eigenvalue weighted by Crippen LogP contribution is -2.21. The minimum atomic E-state index is -0.624. The average molecular weight is 251 g/mol. The summed E-state index contributed by atoms with van der Waals surface area (Å²) in [5.74, 6) is -1.22. The molecule has 0 aliphatic heterocycles. The molecule has 0 saturated carbocycles. The predicted octanol–water partition coefficient (Wildman–Crippen LogP) is 2.65. The van der Waals surface area contributed by atoms with Crippen molar-refractivity contribution in [1.82, 2.24) is 15.1 Å². The van der Waals surface area contributed by atoms with E-state index in [4.69, 9.17) is 0 Å². The lowest BCUT2D eigenvalue weighted by atomic mass is 10.3. The van der Waals surface area contributed by atoms with Gasteiger partial charge in [0.1, 0.15) is 11.5 Å². The molecule has 0 aliphatic carbocycles. The highest BCUT2D eigenvalue weighted by molar-refractivity contribution is 5.33. The van der Waals surface area contributed by atoms with E-state index in [2.05, 4.69) is 10.4 Å². The Hall–Kier alpha value is -1.75. The Labute approximate surface area is 104 Å². The maximum absolute atomic E-state index is 13.5. The van der Waals surface area contributed by atoms with Crippen LogP contribution in [0.25, 0.3) is 5.69 Å². The van der Waals surface area contributed by atoms with Crippen LogP contribution in [0, 0.1) is 11.6 Å². The summed E-state index contributed by atoms with van der Waals surface area (Å²) in [6.07, 6.45) is 3.39. The number of hydrogen-bond donors (Lipinski definition) is 1. The van der Waals surface area contributed by atoms with Crippen molar-refractivity contribution < 1.29 is 8.78 Å². The molecule has 1 heterocycles. The third kappa shape index (κ3) is 2.92. The number of benzene rings is 1. The molecule has 0 spiro atoms. The van der Waals surface area contributed by atoms with Crippen LogP contribution in [-0.4, -0.2) is 15.8 Å². The number of nitrogens with zero attached hydrogens (tertiary/aromatic N) is 2. The standard InChI is InChI=1S/C13H15F2N3/c1-9(2)16-6-10-7-17-18(8-10)13-4-3-11(14)5-12(13)15/h3-5,7-9,16H,6H2,1-2H3. The third-order valence-electron chi connectivity index (χ3n) is 2.51. The second-order valence-corrected chi connectivity index (χ2v) is 4.42. The van der Waals surface area contributed by atoms with E-state index in [1.165, 1.54) is 16.8 Å². The maximum Gasteiger partial charge on any atom is 0.151 e. The zero-order valence-electron chi connectivity index (χ0n) is 10.3. The maximum atomic E-state index is 13.5. The minimum absolute atomic E-state index is 0.243. The van der Waals surface area contributed by atoms with Crippen LogP contribution in [0.3, 0.4) is 0 Å². The first-order valence-corrected chi connectivity index (χ1v) is 5.78. The largest absolute Gasteiger partial charge is 0.310 e. The van der Waals surface area contributed by atoms with Crippen LogP contribution in [0.15, 0.2) is 30.6 Å². The summed E-state index contributed by atoms with van der Waals surface area (Å²) in [7, 11) is 0. The number of halogens is 2. The molecule has 0 fully saturated rings. The van der Waals surface area contributed by atoms with E-state index in [-0.39, 0.29) is 5.69 Å². The van der Waals surface area contributed by atoms with Gasteiger partial charge in [0.05, 0.1) is 6.20 Å². The van der Waals surface area contributed by atoms with E-state index in [0.29, 0.717) is 12.6 Å². The second-order valence-electron chi connectivity index (χ2n) is 4.42. The molecule has 0 amide bonds. The highest BCUT2D eigenvalue weighted by Gasteiger charge is 2.07. The first kappa shape index (κ1) is 12.7. The van der Waals surface area contributed by atoms with Crippen molar-refractivity contribution >= 4 is 0 Å². The van der Waals surface area contributed by atoms with Gasteiger partial charge in [0.2, 0.25) is 0 Å². The number of aromatic nitrogens is 2. The highest BCUT2D eigenvalue weighted by atomic mass is 19.1. The van der Waals surface area contributed by atoms with Gasteiger partial charge in [0.15, 0.2) is 5.82 Å². The molecular weight excluding hydrogens is 236 g/mol. The van der Waals surface area contributed by atoms with Gasteiger partial charge in [-0.3, -0.25) is 0 Å². The molecule has 0 radical (unpaired) electrons. The molecule has 1 N–H and O–H groups in total. The molecule has 2 aromatic rings. The van der Waals surface area contributed by atoms with Crippen LogP contribution < -0.4 is 5.32 Å². The molecule has 3 nitrogen and oxygen atoms in total. The SMILES string of the molecule is CC(C)NCc1cnn(-c2ccc(F)cc2F)c1. The van der Waals surface area contributed by atoms with Crippen molar-refractivity contribution in [3.63, 3.8) is 0 Å². The molecule has 2 rings (SSSR count). The van der Waals surface area contributed by atoms with E-state index in [1.54, 1.807) is 12.4 Å². The van der Waals surface area contributed by atoms with Crippen LogP contribution in [0.4, 0.5) is 8.78 Å². The third-order valence-corrected chi connectivity index (χ3v) is 2.51. The first-order chi connectivity index (χ1) is 8.56. The Morgan fingerprint density at radius 1 is 1.33 bits per heavy atom. The van der Waals surface area contributed by atoms with Gasteiger partial charge in [0, 0.05) is 30.4 Å². The van der Waals surface area contributed by atoms with Crippen LogP contribution in [0.2, 0.25) is 0 Å². The van der Waals surface area contributed by atoms with Gasteiger partial charge in [-0.05, 0) is 12.1 Å². The van der Waals surface area contributed by atoms with E-state index < -0.39 is 11.6 Å². The van der Waals surface area contributed by atoms with Crippen molar-refractivity contribution in [2.75, 3.05) is 0 Å². The van der Waals surface area contributed by atoms with E-state index in [9.17, 15) is 8.78 Å². The Morgan fingerprint density at radius 3 is 2.78 bits per heavy atom. The molecule has 1 aromatic heterocycles. The van der Waals surface area contributed by atoms with Crippen LogP contribution in [0.1, 0.15) is 19.4 Å². The summed E-state index contributed by atoms with van der Waals surface area (Å²) in [5.41, 5.74) is 1.19. The fourth-order valence-corrected chi connectivity index (χ4v) is 1.57. The van der Waals surface area contributed by atoms with Crippen molar-refractivity contribution in [2.24, 2.45) is 0 Å². The summed E-state index contributed by atoms with van der Waals surface area (Å²) < 4.78 is 27.8. The Kier molecular flexibility index (Phi) is 3.72. The van der Waals surface area contributed by atoms with Gasteiger partial charge in [0.25, 0.3) is 0 Å². The molecule has 5 heteroatoms. The molecule has 0 saturated heterocycles. The van der Waals surface area contributed by atoms with Crippen molar-refractivity contribution in [1.29, 1.82) is 0 Å². The lowest BCUT2D eigenvalue weighted by Gasteiger charge is -2.05. The van der Waals surface area contributed by atoms with Gasteiger partial charge in [-0.25, -0.2) is 13.5 Å². The molecule has 96 valence electrons. The summed E-state index contributed by atoms with van der Waals surface area (Å²) in [5, 5.41) is 7.31. The average Bonchev–Trinajstić information content (AvgIpc) is 2.75. The lowest BCUT2D eigenvalue weighted by molar-refractivity contribution is 0.573. The van der Waals surface area contributed by atoms with Crippen LogP contribution in [-0.2, 0) is 6.54 Å². The Bertz CT molecular complexity index is 535. The topological polar surface area (TPSA) is 29.9 Å². The summed E-state index contributed by atoms with van der Waals surface area (Å²) in [6, 6.07) is 3.81. The van der Waals surface area contributed by atoms with Crippen LogP contribution >= 0.6 is 0 Å². The van der Waals surface area contributed by atoms with Gasteiger partial charge in [-0.15, -0.1) is 0 Å². The van der Waals surface area contributed by atoms with E-state index in [1.807, 2.05) is 13.8 Å². The van der Waals surface area contributed by atoms with Crippen molar-refractivity contribution in [3.8, 4) is 5.69 Å². The van der Waals surface area contributed by atoms with Crippen molar-refractivity contribution in [2.45, 2.75) is 26.4 Å². The van der Waals surface area contributed by atoms with E-state index in [0.717, 1.165) is 11.6 Å². The predicted molar refractivity (Wildman–Crippen MR) is 65.5 cm³/mol. The molecule has 1 aromatic carbocycles. The molecule has 0 unspecified atom stereocenters. The zero-order chi connectivity index (χ0) is 13.1. The van der Waals surface area contributed by atoms with E-state index >= 15 is 0 Å². The van der Waals surface area contributed by atoms with Gasteiger partial charge >= 0.3 is 0 Å². The molecule has 18 heavy (non-hydrogen) atoms. The molecule has 0 aliphatic rings. The molecule has 0 atom stereocenters. The van der Waals surface area contributed by atoms with Gasteiger partial charge in [-0.1, -0.05) is 13.8 Å². The van der Waals surface area contributed by atoms with Gasteiger partial charge in [-0.2, -0.15) is 5.10 Å². The Morgan fingerprint density at radius 2 is 2.11 bits per heavy atom. The summed E-state index contributed by atoms with van der Waals surface area (Å²) >= 11 is 0. The number of nitrogens with one attached hydrogen (secondary N) is 1. The second kappa shape index (κ2) is 5.27. The normalized spacial score (nSPS) is 11.2.